The molecule has 0 spiro atoms. The first-order valence-electron chi connectivity index (χ1n) is 4.70. The van der Waals surface area contributed by atoms with Gasteiger partial charge in [0, 0.05) is 13.1 Å². The van der Waals surface area contributed by atoms with Gasteiger partial charge in [-0.3, -0.25) is 0 Å². The fraction of sp³-hybridized carbons (Fsp3) is 1.00. The molecule has 0 aliphatic carbocycles. The van der Waals surface area contributed by atoms with Gasteiger partial charge in [-0.2, -0.15) is 0 Å². The molecule has 1 saturated heterocycles. The fourth-order valence-electron chi connectivity index (χ4n) is 1.84. The number of nitrogens with zero attached hydrogens (tertiary/aromatic N) is 1. The van der Waals surface area contributed by atoms with E-state index in [0.717, 1.165) is 5.92 Å². The van der Waals surface area contributed by atoms with Crippen LogP contribution in [0.3, 0.4) is 0 Å². The van der Waals surface area contributed by atoms with Crippen molar-refractivity contribution < 1.29 is 0 Å². The Hall–Kier alpha value is -0.0400. The Morgan fingerprint density at radius 2 is 2.00 bits per heavy atom. The highest BCUT2D eigenvalue weighted by Crippen LogP contribution is 2.21. The normalized spacial score (nSPS) is 27.8. The van der Waals surface area contributed by atoms with Gasteiger partial charge in [0.15, 0.2) is 0 Å². The van der Waals surface area contributed by atoms with Crippen molar-refractivity contribution in [1.82, 2.24) is 4.90 Å². The van der Waals surface area contributed by atoms with Crippen LogP contribution in [0, 0.1) is 11.3 Å². The molecule has 1 aliphatic rings. The van der Waals surface area contributed by atoms with Crippen LogP contribution < -0.4 is 0 Å². The van der Waals surface area contributed by atoms with Gasteiger partial charge in [0.1, 0.15) is 0 Å². The summed E-state index contributed by atoms with van der Waals surface area (Å²) in [6, 6.07) is 0. The van der Waals surface area contributed by atoms with Gasteiger partial charge in [0.25, 0.3) is 0 Å². The number of hydrogen-bond donors (Lipinski definition) is 0. The van der Waals surface area contributed by atoms with Crippen LogP contribution in [0.25, 0.3) is 0 Å². The number of hydrogen-bond acceptors (Lipinski definition) is 1. The molecular formula is C10H21N. The van der Waals surface area contributed by atoms with E-state index >= 15 is 0 Å². The van der Waals surface area contributed by atoms with Gasteiger partial charge in [0.2, 0.25) is 0 Å². The van der Waals surface area contributed by atoms with Crippen LogP contribution in [0.4, 0.5) is 0 Å². The third-order valence-corrected chi connectivity index (χ3v) is 2.21. The summed E-state index contributed by atoms with van der Waals surface area (Å²) in [6.07, 6.45) is 1.40. The Morgan fingerprint density at radius 1 is 1.36 bits per heavy atom. The molecule has 0 N–H and O–H groups in total. The lowest BCUT2D eigenvalue weighted by Gasteiger charge is -2.25. The highest BCUT2D eigenvalue weighted by Gasteiger charge is 2.22. The molecule has 0 saturated carbocycles. The third-order valence-electron chi connectivity index (χ3n) is 2.21. The molecule has 0 aromatic heterocycles. The molecule has 1 heteroatoms. The molecule has 1 fully saturated rings. The summed E-state index contributed by atoms with van der Waals surface area (Å²) in [5.74, 6) is 0.928. The van der Waals surface area contributed by atoms with Crippen LogP contribution in [0.5, 0.6) is 0 Å². The predicted molar refractivity (Wildman–Crippen MR) is 49.7 cm³/mol. The Morgan fingerprint density at radius 3 is 2.36 bits per heavy atom. The molecule has 0 unspecified atom stereocenters. The van der Waals surface area contributed by atoms with Crippen LogP contribution in [0.15, 0.2) is 0 Å². The summed E-state index contributed by atoms with van der Waals surface area (Å²) in [5.41, 5.74) is 0.476. The van der Waals surface area contributed by atoms with Gasteiger partial charge in [0.05, 0.1) is 0 Å². The molecule has 1 nitrogen and oxygen atoms in total. The quantitative estimate of drug-likeness (QED) is 0.562. The Labute approximate surface area is 70.8 Å². The highest BCUT2D eigenvalue weighted by atomic mass is 15.1. The molecule has 1 atom stereocenters. The molecule has 0 radical (unpaired) electrons. The van der Waals surface area contributed by atoms with Gasteiger partial charge in [-0.15, -0.1) is 0 Å². The van der Waals surface area contributed by atoms with Gasteiger partial charge < -0.3 is 4.90 Å². The lowest BCUT2D eigenvalue weighted by molar-refractivity contribution is 0.222. The largest absolute Gasteiger partial charge is 0.303 e. The van der Waals surface area contributed by atoms with Gasteiger partial charge in [-0.25, -0.2) is 0 Å². The SMILES string of the molecule is C[C@H]1CCN(CC(C)(C)C)C1. The van der Waals surface area contributed by atoms with E-state index in [1.54, 1.807) is 0 Å². The standard InChI is InChI=1S/C10H21N/c1-9-5-6-11(7-9)8-10(2,3)4/h9H,5-8H2,1-4H3/t9-/m0/s1. The maximum atomic E-state index is 2.59. The molecule has 1 rings (SSSR count). The second-order valence-corrected chi connectivity index (χ2v) is 5.19. The zero-order chi connectivity index (χ0) is 8.48. The molecule has 0 bridgehead atoms. The maximum Gasteiger partial charge on any atom is 0.00302 e. The Balaban J connectivity index is 2.29. The molecule has 0 aromatic rings. The van der Waals surface area contributed by atoms with Crippen LogP contribution in [0.1, 0.15) is 34.1 Å². The van der Waals surface area contributed by atoms with Crippen molar-refractivity contribution in [1.29, 1.82) is 0 Å². The van der Waals surface area contributed by atoms with Crippen LogP contribution in [-0.2, 0) is 0 Å². The van der Waals surface area contributed by atoms with Gasteiger partial charge in [-0.05, 0) is 24.3 Å². The second kappa shape index (κ2) is 3.14. The van der Waals surface area contributed by atoms with Crippen molar-refractivity contribution >= 4 is 0 Å². The fourth-order valence-corrected chi connectivity index (χ4v) is 1.84. The van der Waals surface area contributed by atoms with E-state index in [1.807, 2.05) is 0 Å². The minimum Gasteiger partial charge on any atom is -0.303 e. The van der Waals surface area contributed by atoms with Gasteiger partial charge in [-0.1, -0.05) is 27.7 Å². The number of likely N-dealkylation sites (tertiary alicyclic amines) is 1. The van der Waals surface area contributed by atoms with Crippen molar-refractivity contribution in [2.45, 2.75) is 34.1 Å². The van der Waals surface area contributed by atoms with Crippen molar-refractivity contribution in [3.63, 3.8) is 0 Å². The summed E-state index contributed by atoms with van der Waals surface area (Å²) >= 11 is 0. The lowest BCUT2D eigenvalue weighted by atomic mass is 9.96. The van der Waals surface area contributed by atoms with Gasteiger partial charge >= 0.3 is 0 Å². The topological polar surface area (TPSA) is 3.24 Å². The summed E-state index contributed by atoms with van der Waals surface area (Å²) in [5, 5.41) is 0. The Bertz CT molecular complexity index is 123. The van der Waals surface area contributed by atoms with E-state index in [4.69, 9.17) is 0 Å². The summed E-state index contributed by atoms with van der Waals surface area (Å²) in [4.78, 5) is 2.59. The summed E-state index contributed by atoms with van der Waals surface area (Å²) < 4.78 is 0. The monoisotopic (exact) mass is 155 g/mol. The first-order valence-corrected chi connectivity index (χ1v) is 4.70. The van der Waals surface area contributed by atoms with Crippen molar-refractivity contribution in [3.8, 4) is 0 Å². The predicted octanol–water partition coefficient (Wildman–Crippen LogP) is 2.37. The lowest BCUT2D eigenvalue weighted by Crippen LogP contribution is -2.30. The first-order chi connectivity index (χ1) is 4.97. The average molecular weight is 155 g/mol. The van der Waals surface area contributed by atoms with Crippen LogP contribution in [-0.4, -0.2) is 24.5 Å². The van der Waals surface area contributed by atoms with E-state index < -0.39 is 0 Å². The van der Waals surface area contributed by atoms with E-state index in [2.05, 4.69) is 32.6 Å². The van der Waals surface area contributed by atoms with E-state index in [9.17, 15) is 0 Å². The number of rotatable bonds is 1. The Kier molecular flexibility index (Phi) is 2.58. The van der Waals surface area contributed by atoms with Crippen LogP contribution in [0.2, 0.25) is 0 Å². The molecule has 0 aromatic carbocycles. The van der Waals surface area contributed by atoms with Crippen molar-refractivity contribution in [2.75, 3.05) is 19.6 Å². The summed E-state index contributed by atoms with van der Waals surface area (Å²) in [7, 11) is 0. The second-order valence-electron chi connectivity index (χ2n) is 5.19. The zero-order valence-corrected chi connectivity index (χ0v) is 8.35. The molecule has 66 valence electrons. The van der Waals surface area contributed by atoms with Crippen molar-refractivity contribution in [3.05, 3.63) is 0 Å². The van der Waals surface area contributed by atoms with E-state index in [1.165, 1.54) is 26.1 Å². The van der Waals surface area contributed by atoms with E-state index in [0.29, 0.717) is 5.41 Å². The maximum absolute atomic E-state index is 2.59. The molecule has 11 heavy (non-hydrogen) atoms. The first kappa shape index (κ1) is 9.05. The van der Waals surface area contributed by atoms with Crippen molar-refractivity contribution in [2.24, 2.45) is 11.3 Å². The third kappa shape index (κ3) is 3.24. The minimum absolute atomic E-state index is 0.476. The van der Waals surface area contributed by atoms with Crippen LogP contribution >= 0.6 is 0 Å². The molecule has 0 amide bonds. The molecule has 1 aliphatic heterocycles. The smallest absolute Gasteiger partial charge is 0.00302 e. The summed E-state index contributed by atoms with van der Waals surface area (Å²) in [6.45, 7) is 13.2. The average Bonchev–Trinajstić information content (AvgIpc) is 2.10. The van der Waals surface area contributed by atoms with E-state index in [-0.39, 0.29) is 0 Å². The highest BCUT2D eigenvalue weighted by molar-refractivity contribution is 4.76. The molecular weight excluding hydrogens is 134 g/mol. The molecule has 1 heterocycles. The minimum atomic E-state index is 0.476. The zero-order valence-electron chi connectivity index (χ0n) is 8.35.